The second-order valence-electron chi connectivity index (χ2n) is 7.70. The number of likely N-dealkylation sites (tertiary alicyclic amines) is 1. The highest BCUT2D eigenvalue weighted by molar-refractivity contribution is 6.01. The highest BCUT2D eigenvalue weighted by Gasteiger charge is 2.41. The molecule has 8 heteroatoms. The number of anilines is 1. The summed E-state index contributed by atoms with van der Waals surface area (Å²) in [5, 5.41) is 11.3. The van der Waals surface area contributed by atoms with Crippen molar-refractivity contribution in [2.75, 3.05) is 18.4 Å². The molecule has 2 amide bonds. The molecule has 148 valence electrons. The Labute approximate surface area is 167 Å². The first-order valence-electron chi connectivity index (χ1n) is 9.72. The van der Waals surface area contributed by atoms with E-state index in [1.165, 1.54) is 0 Å². The van der Waals surface area contributed by atoms with Gasteiger partial charge in [0.05, 0.1) is 11.8 Å². The average Bonchev–Trinajstić information content (AvgIpc) is 3.43. The molecule has 2 aliphatic heterocycles. The molecule has 0 radical (unpaired) electrons. The van der Waals surface area contributed by atoms with Crippen molar-refractivity contribution in [3.05, 3.63) is 65.6 Å². The van der Waals surface area contributed by atoms with Crippen LogP contribution in [0.4, 0.5) is 5.69 Å². The summed E-state index contributed by atoms with van der Waals surface area (Å²) in [6.07, 6.45) is 2.26. The number of hydrogen-bond donors (Lipinski definition) is 1. The SMILES string of the molecule is Cc1occc1C(=O)N1C[C@@H]2Cn3c(nnc3C(=O)Nc3ccccc3)C[C@H]2C1. The predicted octanol–water partition coefficient (Wildman–Crippen LogP) is 2.38. The van der Waals surface area contributed by atoms with Crippen LogP contribution in [0.2, 0.25) is 0 Å². The van der Waals surface area contributed by atoms with E-state index in [4.69, 9.17) is 4.42 Å². The Morgan fingerprint density at radius 1 is 1.07 bits per heavy atom. The molecule has 29 heavy (non-hydrogen) atoms. The Morgan fingerprint density at radius 2 is 1.86 bits per heavy atom. The third-order valence-electron chi connectivity index (χ3n) is 5.88. The molecule has 0 unspecified atom stereocenters. The van der Waals surface area contributed by atoms with Crippen molar-refractivity contribution in [2.45, 2.75) is 19.9 Å². The summed E-state index contributed by atoms with van der Waals surface area (Å²) in [4.78, 5) is 27.4. The van der Waals surface area contributed by atoms with Crippen molar-refractivity contribution in [3.63, 3.8) is 0 Å². The van der Waals surface area contributed by atoms with Crippen LogP contribution < -0.4 is 5.32 Å². The third kappa shape index (κ3) is 3.10. The van der Waals surface area contributed by atoms with E-state index in [2.05, 4.69) is 15.5 Å². The van der Waals surface area contributed by atoms with Gasteiger partial charge < -0.3 is 19.2 Å². The number of nitrogens with zero attached hydrogens (tertiary/aromatic N) is 4. The van der Waals surface area contributed by atoms with Gasteiger partial charge >= 0.3 is 0 Å². The fourth-order valence-electron chi connectivity index (χ4n) is 4.34. The van der Waals surface area contributed by atoms with E-state index in [1.54, 1.807) is 19.3 Å². The van der Waals surface area contributed by atoms with Crippen LogP contribution in [0.5, 0.6) is 0 Å². The zero-order chi connectivity index (χ0) is 20.0. The molecule has 2 atom stereocenters. The van der Waals surface area contributed by atoms with Crippen molar-refractivity contribution in [2.24, 2.45) is 11.8 Å². The van der Waals surface area contributed by atoms with Gasteiger partial charge in [0.2, 0.25) is 5.82 Å². The molecule has 3 aromatic rings. The number of aromatic nitrogens is 3. The van der Waals surface area contributed by atoms with Crippen molar-refractivity contribution in [1.82, 2.24) is 19.7 Å². The first kappa shape index (κ1) is 17.7. The number of furan rings is 1. The molecule has 0 saturated carbocycles. The predicted molar refractivity (Wildman–Crippen MR) is 104 cm³/mol. The molecule has 1 fully saturated rings. The quantitative estimate of drug-likeness (QED) is 0.740. The molecular weight excluding hydrogens is 370 g/mol. The van der Waals surface area contributed by atoms with Crippen LogP contribution in [0.3, 0.4) is 0 Å². The lowest BCUT2D eigenvalue weighted by molar-refractivity contribution is 0.0781. The van der Waals surface area contributed by atoms with Crippen molar-refractivity contribution in [1.29, 1.82) is 0 Å². The van der Waals surface area contributed by atoms with Gasteiger partial charge in [-0.15, -0.1) is 10.2 Å². The molecule has 0 bridgehead atoms. The van der Waals surface area contributed by atoms with Crippen LogP contribution in [0.15, 0.2) is 47.1 Å². The summed E-state index contributed by atoms with van der Waals surface area (Å²) in [6, 6.07) is 11.0. The second kappa shape index (κ2) is 6.88. The largest absolute Gasteiger partial charge is 0.469 e. The number of carbonyl (C=O) groups excluding carboxylic acids is 2. The maximum Gasteiger partial charge on any atom is 0.293 e. The van der Waals surface area contributed by atoms with E-state index in [1.807, 2.05) is 39.8 Å². The molecule has 0 aliphatic carbocycles. The van der Waals surface area contributed by atoms with Crippen LogP contribution in [0, 0.1) is 18.8 Å². The van der Waals surface area contributed by atoms with Gasteiger partial charge in [0, 0.05) is 31.7 Å². The number of amides is 2. The standard InChI is InChI=1S/C21H21N5O3/c1-13-17(7-8-29-13)21(28)25-10-14-9-18-23-24-19(26(18)12-15(14)11-25)20(27)22-16-5-3-2-4-6-16/h2-8,14-15H,9-12H2,1H3,(H,22,27)/t14-,15+/m0/s1. The Bertz CT molecular complexity index is 1070. The molecule has 2 aromatic heterocycles. The normalized spacial score (nSPS) is 20.2. The van der Waals surface area contributed by atoms with Crippen LogP contribution in [0.1, 0.15) is 32.6 Å². The molecular formula is C21H21N5O3. The van der Waals surface area contributed by atoms with Gasteiger partial charge in [-0.3, -0.25) is 9.59 Å². The van der Waals surface area contributed by atoms with Crippen LogP contribution in [0.25, 0.3) is 0 Å². The molecule has 2 aliphatic rings. The molecule has 0 spiro atoms. The molecule has 4 heterocycles. The summed E-state index contributed by atoms with van der Waals surface area (Å²) < 4.78 is 7.18. The number of benzene rings is 1. The summed E-state index contributed by atoms with van der Waals surface area (Å²) in [7, 11) is 0. The number of aryl methyl sites for hydroxylation is 1. The summed E-state index contributed by atoms with van der Waals surface area (Å²) in [5.41, 5.74) is 1.34. The Kier molecular flexibility index (Phi) is 4.19. The molecule has 1 saturated heterocycles. The maximum absolute atomic E-state index is 12.8. The lowest BCUT2D eigenvalue weighted by Crippen LogP contribution is -2.31. The summed E-state index contributed by atoms with van der Waals surface area (Å²) in [6.45, 7) is 3.78. The van der Waals surface area contributed by atoms with Crippen LogP contribution in [-0.2, 0) is 13.0 Å². The first-order valence-corrected chi connectivity index (χ1v) is 9.72. The van der Waals surface area contributed by atoms with Crippen molar-refractivity contribution >= 4 is 17.5 Å². The van der Waals surface area contributed by atoms with Gasteiger partial charge in [-0.25, -0.2) is 0 Å². The van der Waals surface area contributed by atoms with E-state index >= 15 is 0 Å². The molecule has 1 N–H and O–H groups in total. The highest BCUT2D eigenvalue weighted by atomic mass is 16.3. The van der Waals surface area contributed by atoms with Crippen molar-refractivity contribution in [3.8, 4) is 0 Å². The van der Waals surface area contributed by atoms with E-state index in [0.717, 1.165) is 11.5 Å². The van der Waals surface area contributed by atoms with E-state index in [0.29, 0.717) is 49.1 Å². The number of carbonyl (C=O) groups is 2. The summed E-state index contributed by atoms with van der Waals surface area (Å²) >= 11 is 0. The zero-order valence-corrected chi connectivity index (χ0v) is 16.0. The minimum atomic E-state index is -0.270. The van der Waals surface area contributed by atoms with Gasteiger partial charge in [0.1, 0.15) is 11.6 Å². The minimum Gasteiger partial charge on any atom is -0.469 e. The van der Waals surface area contributed by atoms with Gasteiger partial charge in [-0.1, -0.05) is 18.2 Å². The highest BCUT2D eigenvalue weighted by Crippen LogP contribution is 2.33. The van der Waals surface area contributed by atoms with Crippen LogP contribution >= 0.6 is 0 Å². The smallest absolute Gasteiger partial charge is 0.293 e. The van der Waals surface area contributed by atoms with Gasteiger partial charge in [0.15, 0.2) is 0 Å². The maximum atomic E-state index is 12.8. The summed E-state index contributed by atoms with van der Waals surface area (Å²) in [5.74, 6) is 2.10. The Balaban J connectivity index is 1.32. The molecule has 8 nitrogen and oxygen atoms in total. The van der Waals surface area contributed by atoms with Crippen molar-refractivity contribution < 1.29 is 14.0 Å². The average molecular weight is 391 g/mol. The zero-order valence-electron chi connectivity index (χ0n) is 16.0. The second-order valence-corrected chi connectivity index (χ2v) is 7.70. The fraction of sp³-hybridized carbons (Fsp3) is 0.333. The number of rotatable bonds is 3. The first-order chi connectivity index (χ1) is 14.1. The Morgan fingerprint density at radius 3 is 2.62 bits per heavy atom. The minimum absolute atomic E-state index is 0.00320. The number of fused-ring (bicyclic) bond motifs is 2. The van der Waals surface area contributed by atoms with E-state index < -0.39 is 0 Å². The van der Waals surface area contributed by atoms with E-state index in [-0.39, 0.29) is 17.7 Å². The molecule has 5 rings (SSSR count). The van der Waals surface area contributed by atoms with E-state index in [9.17, 15) is 9.59 Å². The fourth-order valence-corrected chi connectivity index (χ4v) is 4.34. The topological polar surface area (TPSA) is 93.3 Å². The number of para-hydroxylation sites is 1. The van der Waals surface area contributed by atoms with Gasteiger partial charge in [-0.05, 0) is 37.0 Å². The van der Waals surface area contributed by atoms with Gasteiger partial charge in [-0.2, -0.15) is 0 Å². The molecule has 1 aromatic carbocycles. The third-order valence-corrected chi connectivity index (χ3v) is 5.88. The number of nitrogens with one attached hydrogen (secondary N) is 1. The lowest BCUT2D eigenvalue weighted by Gasteiger charge is -2.25. The van der Waals surface area contributed by atoms with Crippen LogP contribution in [-0.4, -0.2) is 44.6 Å². The number of hydrogen-bond acceptors (Lipinski definition) is 5. The Hall–Kier alpha value is -3.42. The monoisotopic (exact) mass is 391 g/mol. The lowest BCUT2D eigenvalue weighted by atomic mass is 9.89. The van der Waals surface area contributed by atoms with Gasteiger partial charge in [0.25, 0.3) is 11.8 Å².